The van der Waals surface area contributed by atoms with Gasteiger partial charge in [0.05, 0.1) is 18.1 Å². The van der Waals surface area contributed by atoms with E-state index in [1.54, 1.807) is 11.8 Å². The largest absolute Gasteiger partial charge is 0.466 e. The molecule has 10 nitrogen and oxygen atoms in total. The van der Waals surface area contributed by atoms with E-state index in [-0.39, 0.29) is 29.7 Å². The Balaban J connectivity index is 1.53. The van der Waals surface area contributed by atoms with Crippen molar-refractivity contribution in [3.8, 4) is 0 Å². The van der Waals surface area contributed by atoms with Crippen LogP contribution < -0.4 is 4.90 Å². The van der Waals surface area contributed by atoms with E-state index in [1.807, 2.05) is 13.0 Å². The summed E-state index contributed by atoms with van der Waals surface area (Å²) in [6.07, 6.45) is 2.81. The van der Waals surface area contributed by atoms with Crippen molar-refractivity contribution in [2.45, 2.75) is 52.1 Å². The summed E-state index contributed by atoms with van der Waals surface area (Å²) in [5.41, 5.74) is 3.56. The Kier molecular flexibility index (Phi) is 8.23. The lowest BCUT2D eigenvalue weighted by Crippen LogP contribution is -2.49. The average molecular weight is 532 g/mol. The minimum atomic E-state index is -3.99. The van der Waals surface area contributed by atoms with Crippen LogP contribution in [0.2, 0.25) is 0 Å². The molecule has 0 saturated carbocycles. The van der Waals surface area contributed by atoms with Crippen LogP contribution in [-0.2, 0) is 26.1 Å². The van der Waals surface area contributed by atoms with Crippen LogP contribution in [-0.4, -0.2) is 85.2 Å². The van der Waals surface area contributed by atoms with Crippen LogP contribution in [0.1, 0.15) is 48.2 Å². The number of piperazine rings is 1. The van der Waals surface area contributed by atoms with E-state index in [0.29, 0.717) is 52.1 Å². The van der Waals surface area contributed by atoms with Gasteiger partial charge in [0.25, 0.3) is 15.9 Å². The van der Waals surface area contributed by atoms with Gasteiger partial charge in [-0.3, -0.25) is 14.3 Å². The fraction of sp³-hybridized carbons (Fsp3) is 0.577. The molecule has 1 atom stereocenters. The Labute approximate surface area is 219 Å². The van der Waals surface area contributed by atoms with Crippen molar-refractivity contribution in [1.82, 2.24) is 19.0 Å². The molecule has 0 unspecified atom stereocenters. The molecule has 1 amide bonds. The molecule has 202 valence electrons. The number of hydrogen-bond acceptors (Lipinski definition) is 7. The van der Waals surface area contributed by atoms with Gasteiger partial charge in [-0.2, -0.15) is 9.40 Å². The maximum atomic E-state index is 13.7. The van der Waals surface area contributed by atoms with E-state index in [4.69, 9.17) is 4.74 Å². The molecule has 1 aromatic carbocycles. The van der Waals surface area contributed by atoms with Gasteiger partial charge in [0.1, 0.15) is 0 Å². The third-order valence-electron chi connectivity index (χ3n) is 7.35. The van der Waals surface area contributed by atoms with Gasteiger partial charge in [-0.15, -0.1) is 0 Å². The zero-order valence-electron chi connectivity index (χ0n) is 22.1. The number of aryl methyl sites for hydroxylation is 2. The number of nitrogens with zero attached hydrogens (tertiary/aromatic N) is 5. The van der Waals surface area contributed by atoms with Crippen molar-refractivity contribution in [1.29, 1.82) is 0 Å². The molecule has 2 fully saturated rings. The first-order chi connectivity index (χ1) is 17.7. The molecule has 2 aromatic rings. The molecule has 0 bridgehead atoms. The summed E-state index contributed by atoms with van der Waals surface area (Å²) in [5, 5.41) is 4.10. The summed E-state index contributed by atoms with van der Waals surface area (Å²) in [7, 11) is -3.99. The van der Waals surface area contributed by atoms with Crippen molar-refractivity contribution in [2.24, 2.45) is 5.92 Å². The zero-order chi connectivity index (χ0) is 26.7. The summed E-state index contributed by atoms with van der Waals surface area (Å²) in [5.74, 6) is -1.14. The lowest BCUT2D eigenvalue weighted by Gasteiger charge is -2.36. The van der Waals surface area contributed by atoms with E-state index in [9.17, 15) is 18.0 Å². The number of sulfonamides is 1. The van der Waals surface area contributed by atoms with E-state index < -0.39 is 21.8 Å². The number of likely N-dealkylation sites (tertiary alicyclic amines) is 1. The first kappa shape index (κ1) is 27.1. The molecular formula is C26H37N5O5S. The highest BCUT2D eigenvalue weighted by molar-refractivity contribution is 7.89. The van der Waals surface area contributed by atoms with E-state index in [1.165, 1.54) is 26.3 Å². The summed E-state index contributed by atoms with van der Waals surface area (Å²) in [4.78, 5) is 29.6. The van der Waals surface area contributed by atoms with Gasteiger partial charge in [-0.05, 0) is 57.7 Å². The molecule has 0 aliphatic carbocycles. The smallest absolute Gasteiger partial charge is 0.310 e. The molecule has 37 heavy (non-hydrogen) atoms. The lowest BCUT2D eigenvalue weighted by atomic mass is 9.98. The maximum absolute atomic E-state index is 13.7. The Hall–Kier alpha value is -2.92. The lowest BCUT2D eigenvalue weighted by molar-refractivity contribution is -0.149. The number of benzene rings is 1. The number of hydrogen-bond donors (Lipinski definition) is 0. The number of aromatic nitrogens is 2. The van der Waals surface area contributed by atoms with E-state index in [0.717, 1.165) is 5.69 Å². The van der Waals surface area contributed by atoms with Crippen LogP contribution in [0.25, 0.3) is 0 Å². The SMILES string of the molecule is CCOC(=O)[C@H]1CCCN(C(=O)c2cn(CC)nc2S(=O)(=O)N2CCN(c3cccc(C)c3C)CC2)C1. The van der Waals surface area contributed by atoms with Crippen LogP contribution in [0.15, 0.2) is 29.4 Å². The van der Waals surface area contributed by atoms with Crippen molar-refractivity contribution in [3.05, 3.63) is 41.1 Å². The monoisotopic (exact) mass is 531 g/mol. The van der Waals surface area contributed by atoms with Gasteiger partial charge in [-0.1, -0.05) is 12.1 Å². The third kappa shape index (κ3) is 5.52. The van der Waals surface area contributed by atoms with Gasteiger partial charge in [0, 0.05) is 57.7 Å². The summed E-state index contributed by atoms with van der Waals surface area (Å²) in [6, 6.07) is 6.15. The van der Waals surface area contributed by atoms with Gasteiger partial charge >= 0.3 is 5.97 Å². The third-order valence-corrected chi connectivity index (χ3v) is 9.19. The van der Waals surface area contributed by atoms with Crippen LogP contribution >= 0.6 is 0 Å². The Morgan fingerprint density at radius 1 is 1.08 bits per heavy atom. The van der Waals surface area contributed by atoms with Gasteiger partial charge in [-0.25, -0.2) is 8.42 Å². The molecule has 11 heteroatoms. The van der Waals surface area contributed by atoms with Crippen molar-refractivity contribution >= 4 is 27.6 Å². The second kappa shape index (κ2) is 11.2. The van der Waals surface area contributed by atoms with Crippen LogP contribution in [0.3, 0.4) is 0 Å². The van der Waals surface area contributed by atoms with Gasteiger partial charge < -0.3 is 14.5 Å². The molecule has 1 aromatic heterocycles. The minimum Gasteiger partial charge on any atom is -0.466 e. The molecule has 0 spiro atoms. The Morgan fingerprint density at radius 2 is 1.81 bits per heavy atom. The van der Waals surface area contributed by atoms with Crippen molar-refractivity contribution < 1.29 is 22.7 Å². The van der Waals surface area contributed by atoms with E-state index in [2.05, 4.69) is 36.0 Å². The van der Waals surface area contributed by atoms with Crippen LogP contribution in [0.4, 0.5) is 5.69 Å². The molecule has 4 rings (SSSR count). The van der Waals surface area contributed by atoms with Crippen LogP contribution in [0, 0.1) is 19.8 Å². The highest BCUT2D eigenvalue weighted by Crippen LogP contribution is 2.28. The maximum Gasteiger partial charge on any atom is 0.310 e. The number of carbonyl (C=O) groups excluding carboxylic acids is 2. The predicted molar refractivity (Wildman–Crippen MR) is 140 cm³/mol. The van der Waals surface area contributed by atoms with Crippen molar-refractivity contribution in [2.75, 3.05) is 50.8 Å². The first-order valence-corrected chi connectivity index (χ1v) is 14.5. The molecular weight excluding hydrogens is 494 g/mol. The highest BCUT2D eigenvalue weighted by Gasteiger charge is 2.37. The topological polar surface area (TPSA) is 105 Å². The predicted octanol–water partition coefficient (Wildman–Crippen LogP) is 2.45. The fourth-order valence-corrected chi connectivity index (χ4v) is 6.57. The summed E-state index contributed by atoms with van der Waals surface area (Å²) < 4.78 is 35.5. The second-order valence-corrected chi connectivity index (χ2v) is 11.5. The number of anilines is 1. The number of rotatable bonds is 7. The first-order valence-electron chi connectivity index (χ1n) is 13.0. The standard InChI is InChI=1S/C26H37N5O5S/c1-5-30-18-22(25(32)29-12-8-10-21(17-29)26(33)36-6-2)24(27-30)37(34,35)31-15-13-28(14-16-31)23-11-7-9-19(3)20(23)4/h7,9,11,18,21H,5-6,8,10,12-17H2,1-4H3/t21-/m0/s1. The number of amides is 1. The molecule has 0 N–H and O–H groups in total. The Morgan fingerprint density at radius 3 is 2.49 bits per heavy atom. The zero-order valence-corrected chi connectivity index (χ0v) is 23.0. The van der Waals surface area contributed by atoms with E-state index >= 15 is 0 Å². The minimum absolute atomic E-state index is 0.0586. The normalized spacial score (nSPS) is 19.2. The summed E-state index contributed by atoms with van der Waals surface area (Å²) >= 11 is 0. The number of ether oxygens (including phenoxy) is 1. The molecule has 3 heterocycles. The highest BCUT2D eigenvalue weighted by atomic mass is 32.2. The number of carbonyl (C=O) groups is 2. The van der Waals surface area contributed by atoms with Crippen LogP contribution in [0.5, 0.6) is 0 Å². The number of piperidine rings is 1. The molecule has 0 radical (unpaired) electrons. The average Bonchev–Trinajstić information content (AvgIpc) is 3.36. The molecule has 2 aliphatic rings. The second-order valence-electron chi connectivity index (χ2n) is 9.66. The fourth-order valence-electron chi connectivity index (χ4n) is 5.06. The molecule has 2 aliphatic heterocycles. The molecule has 2 saturated heterocycles. The number of esters is 1. The Bertz CT molecular complexity index is 1250. The summed E-state index contributed by atoms with van der Waals surface area (Å²) in [6.45, 7) is 10.8. The van der Waals surface area contributed by atoms with Gasteiger partial charge in [0.2, 0.25) is 5.03 Å². The quantitative estimate of drug-likeness (QED) is 0.506. The van der Waals surface area contributed by atoms with Crippen molar-refractivity contribution in [3.63, 3.8) is 0 Å². The van der Waals surface area contributed by atoms with Gasteiger partial charge in [0.15, 0.2) is 0 Å².